The lowest BCUT2D eigenvalue weighted by molar-refractivity contribution is 0.245. The van der Waals surface area contributed by atoms with Crippen LogP contribution in [0.5, 0.6) is 0 Å². The Morgan fingerprint density at radius 1 is 1.32 bits per heavy atom. The van der Waals surface area contributed by atoms with Crippen LogP contribution >= 0.6 is 15.9 Å². The van der Waals surface area contributed by atoms with Gasteiger partial charge in [0.05, 0.1) is 0 Å². The molecular weight excluding hydrogens is 305 g/mol. The summed E-state index contributed by atoms with van der Waals surface area (Å²) in [7, 11) is 0. The molecule has 1 saturated carbocycles. The van der Waals surface area contributed by atoms with Gasteiger partial charge in [-0.05, 0) is 61.3 Å². The highest BCUT2D eigenvalue weighted by molar-refractivity contribution is 9.10. The molecule has 0 heterocycles. The van der Waals surface area contributed by atoms with Gasteiger partial charge in [-0.3, -0.25) is 0 Å². The standard InChI is InChI=1S/C16H23BrFN/c1-3-16(4-2,11-19-14-6-7-14)10-12-9-13(18)5-8-15(12)17/h5,8-9,14,19H,3-4,6-7,10-11H2,1-2H3. The molecule has 1 aromatic rings. The van der Waals surface area contributed by atoms with Crippen LogP contribution in [0.4, 0.5) is 4.39 Å². The fourth-order valence-electron chi connectivity index (χ4n) is 2.54. The Kier molecular flexibility index (Phi) is 5.02. The highest BCUT2D eigenvalue weighted by Crippen LogP contribution is 2.34. The van der Waals surface area contributed by atoms with Crippen LogP contribution < -0.4 is 5.32 Å². The van der Waals surface area contributed by atoms with Crippen LogP contribution in [0.2, 0.25) is 0 Å². The first-order valence-electron chi connectivity index (χ1n) is 7.26. The van der Waals surface area contributed by atoms with Gasteiger partial charge < -0.3 is 5.32 Å². The highest BCUT2D eigenvalue weighted by Gasteiger charge is 2.30. The Balaban J connectivity index is 2.11. The summed E-state index contributed by atoms with van der Waals surface area (Å²) in [5, 5.41) is 3.64. The van der Waals surface area contributed by atoms with Crippen LogP contribution in [0.1, 0.15) is 45.1 Å². The Labute approximate surface area is 124 Å². The maximum atomic E-state index is 13.4. The lowest BCUT2D eigenvalue weighted by Crippen LogP contribution is -2.36. The molecule has 0 aliphatic heterocycles. The normalized spacial score (nSPS) is 15.8. The molecule has 3 heteroatoms. The van der Waals surface area contributed by atoms with Crippen molar-refractivity contribution in [3.63, 3.8) is 0 Å². The lowest BCUT2D eigenvalue weighted by atomic mass is 9.77. The summed E-state index contributed by atoms with van der Waals surface area (Å²) in [6.45, 7) is 5.52. The van der Waals surface area contributed by atoms with E-state index in [1.165, 1.54) is 18.9 Å². The minimum absolute atomic E-state index is 0.144. The monoisotopic (exact) mass is 327 g/mol. The quantitative estimate of drug-likeness (QED) is 0.766. The Morgan fingerprint density at radius 3 is 2.58 bits per heavy atom. The van der Waals surface area contributed by atoms with Crippen molar-refractivity contribution in [2.75, 3.05) is 6.54 Å². The second-order valence-electron chi connectivity index (χ2n) is 5.77. The maximum absolute atomic E-state index is 13.4. The summed E-state index contributed by atoms with van der Waals surface area (Å²) in [5.74, 6) is -0.144. The van der Waals surface area contributed by atoms with Gasteiger partial charge >= 0.3 is 0 Å². The van der Waals surface area contributed by atoms with E-state index < -0.39 is 0 Å². The van der Waals surface area contributed by atoms with Crippen LogP contribution in [-0.4, -0.2) is 12.6 Å². The molecule has 0 unspecified atom stereocenters. The lowest BCUT2D eigenvalue weighted by Gasteiger charge is -2.33. The molecule has 0 bridgehead atoms. The largest absolute Gasteiger partial charge is 0.313 e. The molecule has 1 aromatic carbocycles. The number of halogens is 2. The van der Waals surface area contributed by atoms with Gasteiger partial charge in [0.25, 0.3) is 0 Å². The summed E-state index contributed by atoms with van der Waals surface area (Å²) in [5.41, 5.74) is 1.32. The maximum Gasteiger partial charge on any atom is 0.123 e. The van der Waals surface area contributed by atoms with Crippen LogP contribution in [-0.2, 0) is 6.42 Å². The molecule has 2 rings (SSSR count). The molecule has 0 radical (unpaired) electrons. The molecule has 0 atom stereocenters. The van der Waals surface area contributed by atoms with Crippen molar-refractivity contribution in [2.24, 2.45) is 5.41 Å². The summed E-state index contributed by atoms with van der Waals surface area (Å²) in [6.07, 6.45) is 5.79. The molecule has 1 aliphatic carbocycles. The average Bonchev–Trinajstić information content (AvgIpc) is 3.23. The molecule has 0 aromatic heterocycles. The first-order chi connectivity index (χ1) is 9.08. The molecule has 1 fully saturated rings. The van der Waals surface area contributed by atoms with Gasteiger partial charge in [-0.2, -0.15) is 0 Å². The van der Waals surface area contributed by atoms with E-state index in [1.807, 2.05) is 6.07 Å². The van der Waals surface area contributed by atoms with Gasteiger partial charge in [-0.25, -0.2) is 4.39 Å². The number of hydrogen-bond donors (Lipinski definition) is 1. The van der Waals surface area contributed by atoms with Crippen molar-refractivity contribution in [3.8, 4) is 0 Å². The van der Waals surface area contributed by atoms with E-state index in [1.54, 1.807) is 6.07 Å². The van der Waals surface area contributed by atoms with E-state index in [2.05, 4.69) is 35.1 Å². The molecule has 0 saturated heterocycles. The van der Waals surface area contributed by atoms with E-state index in [4.69, 9.17) is 0 Å². The van der Waals surface area contributed by atoms with Crippen molar-refractivity contribution in [3.05, 3.63) is 34.1 Å². The summed E-state index contributed by atoms with van der Waals surface area (Å²) in [4.78, 5) is 0. The van der Waals surface area contributed by atoms with Crippen LogP contribution in [0.25, 0.3) is 0 Å². The SMILES string of the molecule is CCC(CC)(CNC1CC1)Cc1cc(F)ccc1Br. The van der Waals surface area contributed by atoms with Crippen molar-refractivity contribution < 1.29 is 4.39 Å². The van der Waals surface area contributed by atoms with E-state index in [0.29, 0.717) is 0 Å². The Hall–Kier alpha value is -0.410. The van der Waals surface area contributed by atoms with E-state index >= 15 is 0 Å². The number of rotatable bonds is 7. The Bertz CT molecular complexity index is 425. The third-order valence-corrected chi connectivity index (χ3v) is 5.19. The number of nitrogens with one attached hydrogen (secondary N) is 1. The number of benzene rings is 1. The molecule has 1 aliphatic rings. The smallest absolute Gasteiger partial charge is 0.123 e. The average molecular weight is 328 g/mol. The second-order valence-corrected chi connectivity index (χ2v) is 6.63. The zero-order chi connectivity index (χ0) is 13.9. The fraction of sp³-hybridized carbons (Fsp3) is 0.625. The van der Waals surface area contributed by atoms with Gasteiger partial charge in [-0.1, -0.05) is 29.8 Å². The minimum atomic E-state index is -0.144. The van der Waals surface area contributed by atoms with E-state index in [9.17, 15) is 4.39 Å². The van der Waals surface area contributed by atoms with Gasteiger partial charge in [0.15, 0.2) is 0 Å². The zero-order valence-corrected chi connectivity index (χ0v) is 13.4. The molecule has 1 N–H and O–H groups in total. The van der Waals surface area contributed by atoms with Crippen molar-refractivity contribution in [1.82, 2.24) is 5.32 Å². The summed E-state index contributed by atoms with van der Waals surface area (Å²) < 4.78 is 14.4. The topological polar surface area (TPSA) is 12.0 Å². The third kappa shape index (κ3) is 4.03. The van der Waals surface area contributed by atoms with Gasteiger partial charge in [0.2, 0.25) is 0 Å². The van der Waals surface area contributed by atoms with Crippen LogP contribution in [0.15, 0.2) is 22.7 Å². The van der Waals surface area contributed by atoms with Gasteiger partial charge in [0, 0.05) is 17.1 Å². The molecule has 106 valence electrons. The molecular formula is C16H23BrFN. The zero-order valence-electron chi connectivity index (χ0n) is 11.8. The second kappa shape index (κ2) is 6.36. The molecule has 19 heavy (non-hydrogen) atoms. The van der Waals surface area contributed by atoms with Crippen LogP contribution in [0, 0.1) is 11.2 Å². The van der Waals surface area contributed by atoms with E-state index in [-0.39, 0.29) is 11.2 Å². The molecule has 1 nitrogen and oxygen atoms in total. The fourth-order valence-corrected chi connectivity index (χ4v) is 2.93. The summed E-state index contributed by atoms with van der Waals surface area (Å²) >= 11 is 3.55. The van der Waals surface area contributed by atoms with Crippen molar-refractivity contribution >= 4 is 15.9 Å². The predicted octanol–water partition coefficient (Wildman–Crippen LogP) is 4.69. The summed E-state index contributed by atoms with van der Waals surface area (Å²) in [6, 6.07) is 5.72. The van der Waals surface area contributed by atoms with Crippen molar-refractivity contribution in [1.29, 1.82) is 0 Å². The van der Waals surface area contributed by atoms with Crippen molar-refractivity contribution in [2.45, 2.75) is 52.0 Å². The Morgan fingerprint density at radius 2 is 2.00 bits per heavy atom. The predicted molar refractivity (Wildman–Crippen MR) is 81.8 cm³/mol. The first kappa shape index (κ1) is 15.0. The number of hydrogen-bond acceptors (Lipinski definition) is 1. The van der Waals surface area contributed by atoms with Gasteiger partial charge in [-0.15, -0.1) is 0 Å². The molecule has 0 spiro atoms. The van der Waals surface area contributed by atoms with Gasteiger partial charge in [0.1, 0.15) is 5.82 Å². The van der Waals surface area contributed by atoms with E-state index in [0.717, 1.165) is 41.9 Å². The molecule has 0 amide bonds. The van der Waals surface area contributed by atoms with Crippen LogP contribution in [0.3, 0.4) is 0 Å². The minimum Gasteiger partial charge on any atom is -0.313 e. The highest BCUT2D eigenvalue weighted by atomic mass is 79.9. The first-order valence-corrected chi connectivity index (χ1v) is 8.05. The third-order valence-electron chi connectivity index (χ3n) is 4.42.